The Morgan fingerprint density at radius 2 is 1.44 bits per heavy atom. The first kappa shape index (κ1) is 11.0. The van der Waals surface area contributed by atoms with E-state index in [9.17, 15) is 0 Å². The van der Waals surface area contributed by atoms with Gasteiger partial charge in [0.1, 0.15) is 0 Å². The molecule has 0 aromatic rings. The molecule has 3 rings (SSSR count). The van der Waals surface area contributed by atoms with Gasteiger partial charge in [-0.25, -0.2) is 0 Å². The van der Waals surface area contributed by atoms with Crippen LogP contribution < -0.4 is 0 Å². The molecule has 0 aromatic heterocycles. The SMILES string of the molecule is CC1CC(C)CN(C2CCN(C3CC3)C2)C1. The van der Waals surface area contributed by atoms with Crippen molar-refractivity contribution in [3.63, 3.8) is 0 Å². The van der Waals surface area contributed by atoms with Crippen LogP contribution in [0.3, 0.4) is 0 Å². The van der Waals surface area contributed by atoms with Crippen LogP contribution in [0.25, 0.3) is 0 Å². The maximum absolute atomic E-state index is 2.79. The van der Waals surface area contributed by atoms with E-state index in [2.05, 4.69) is 23.6 Å². The minimum absolute atomic E-state index is 0.880. The second-order valence-corrected chi connectivity index (χ2v) is 6.57. The molecule has 0 bridgehead atoms. The lowest BCUT2D eigenvalue weighted by molar-refractivity contribution is 0.0970. The van der Waals surface area contributed by atoms with E-state index in [1.54, 1.807) is 0 Å². The van der Waals surface area contributed by atoms with Crippen LogP contribution in [0.4, 0.5) is 0 Å². The lowest BCUT2D eigenvalue weighted by atomic mass is 9.91. The highest BCUT2D eigenvalue weighted by atomic mass is 15.3. The van der Waals surface area contributed by atoms with Crippen LogP contribution in [0.5, 0.6) is 0 Å². The lowest BCUT2D eigenvalue weighted by Crippen LogP contribution is -2.46. The fourth-order valence-corrected chi connectivity index (χ4v) is 3.85. The summed E-state index contributed by atoms with van der Waals surface area (Å²) in [5.74, 6) is 1.83. The highest BCUT2D eigenvalue weighted by Crippen LogP contribution is 2.32. The van der Waals surface area contributed by atoms with Crippen LogP contribution in [-0.4, -0.2) is 48.1 Å². The molecule has 2 heteroatoms. The van der Waals surface area contributed by atoms with E-state index in [4.69, 9.17) is 0 Å². The molecule has 2 nitrogen and oxygen atoms in total. The van der Waals surface area contributed by atoms with Gasteiger partial charge in [0.05, 0.1) is 0 Å². The van der Waals surface area contributed by atoms with Gasteiger partial charge in [0.25, 0.3) is 0 Å². The Bertz CT molecular complexity index is 239. The molecule has 3 aliphatic rings. The van der Waals surface area contributed by atoms with Crippen molar-refractivity contribution >= 4 is 0 Å². The Hall–Kier alpha value is -0.0800. The van der Waals surface area contributed by atoms with Crippen molar-refractivity contribution in [3.8, 4) is 0 Å². The second-order valence-electron chi connectivity index (χ2n) is 6.57. The van der Waals surface area contributed by atoms with E-state index < -0.39 is 0 Å². The van der Waals surface area contributed by atoms with Crippen LogP contribution in [0, 0.1) is 11.8 Å². The van der Waals surface area contributed by atoms with Crippen molar-refractivity contribution in [1.29, 1.82) is 0 Å². The van der Waals surface area contributed by atoms with Gasteiger partial charge in [-0.2, -0.15) is 0 Å². The van der Waals surface area contributed by atoms with E-state index in [0.29, 0.717) is 0 Å². The number of piperidine rings is 1. The Kier molecular flexibility index (Phi) is 2.97. The number of nitrogens with zero attached hydrogens (tertiary/aromatic N) is 2. The van der Waals surface area contributed by atoms with Crippen molar-refractivity contribution in [1.82, 2.24) is 9.80 Å². The largest absolute Gasteiger partial charge is 0.299 e. The van der Waals surface area contributed by atoms with Gasteiger partial charge in [-0.3, -0.25) is 9.80 Å². The molecular weight excluding hydrogens is 196 g/mol. The van der Waals surface area contributed by atoms with Crippen molar-refractivity contribution in [2.45, 2.75) is 51.6 Å². The van der Waals surface area contributed by atoms with Gasteiger partial charge in [0, 0.05) is 38.3 Å². The van der Waals surface area contributed by atoms with Gasteiger partial charge in [0.15, 0.2) is 0 Å². The van der Waals surface area contributed by atoms with Gasteiger partial charge >= 0.3 is 0 Å². The van der Waals surface area contributed by atoms with Crippen molar-refractivity contribution in [2.75, 3.05) is 26.2 Å². The first-order chi connectivity index (χ1) is 7.72. The zero-order valence-corrected chi connectivity index (χ0v) is 10.9. The fraction of sp³-hybridized carbons (Fsp3) is 1.00. The third-order valence-corrected chi connectivity index (χ3v) is 4.67. The first-order valence-electron chi connectivity index (χ1n) is 7.20. The summed E-state index contributed by atoms with van der Waals surface area (Å²) in [6, 6.07) is 1.86. The molecule has 0 spiro atoms. The van der Waals surface area contributed by atoms with Crippen LogP contribution >= 0.6 is 0 Å². The maximum atomic E-state index is 2.79. The second kappa shape index (κ2) is 4.30. The van der Waals surface area contributed by atoms with Crippen molar-refractivity contribution in [3.05, 3.63) is 0 Å². The molecule has 1 aliphatic carbocycles. The molecule has 3 fully saturated rings. The molecule has 2 aliphatic heterocycles. The molecule has 0 aromatic carbocycles. The molecule has 92 valence electrons. The summed E-state index contributed by atoms with van der Waals surface area (Å²) in [5, 5.41) is 0. The zero-order chi connectivity index (χ0) is 11.1. The molecule has 0 N–H and O–H groups in total. The van der Waals surface area contributed by atoms with E-state index in [-0.39, 0.29) is 0 Å². The molecular formula is C14H26N2. The van der Waals surface area contributed by atoms with Gasteiger partial charge < -0.3 is 0 Å². The van der Waals surface area contributed by atoms with Crippen LogP contribution in [0.15, 0.2) is 0 Å². The Morgan fingerprint density at radius 3 is 2.06 bits per heavy atom. The van der Waals surface area contributed by atoms with Crippen LogP contribution in [0.2, 0.25) is 0 Å². The minimum Gasteiger partial charge on any atom is -0.299 e. The number of hydrogen-bond donors (Lipinski definition) is 0. The van der Waals surface area contributed by atoms with E-state index in [1.807, 2.05) is 0 Å². The number of likely N-dealkylation sites (tertiary alicyclic amines) is 2. The first-order valence-corrected chi connectivity index (χ1v) is 7.20. The number of hydrogen-bond acceptors (Lipinski definition) is 2. The molecule has 1 saturated carbocycles. The minimum atomic E-state index is 0.880. The quantitative estimate of drug-likeness (QED) is 0.707. The predicted molar refractivity (Wildman–Crippen MR) is 67.5 cm³/mol. The third kappa shape index (κ3) is 2.28. The van der Waals surface area contributed by atoms with Gasteiger partial charge in [0.2, 0.25) is 0 Å². The Balaban J connectivity index is 1.56. The molecule has 16 heavy (non-hydrogen) atoms. The average molecular weight is 222 g/mol. The maximum Gasteiger partial charge on any atom is 0.0235 e. The van der Waals surface area contributed by atoms with E-state index in [1.165, 1.54) is 51.9 Å². The van der Waals surface area contributed by atoms with E-state index in [0.717, 1.165) is 23.9 Å². The Morgan fingerprint density at radius 1 is 0.750 bits per heavy atom. The smallest absolute Gasteiger partial charge is 0.0235 e. The summed E-state index contributed by atoms with van der Waals surface area (Å²) in [7, 11) is 0. The summed E-state index contributed by atoms with van der Waals surface area (Å²) in [4.78, 5) is 5.54. The van der Waals surface area contributed by atoms with Gasteiger partial charge in [-0.1, -0.05) is 13.8 Å². The standard InChI is InChI=1S/C14H26N2/c1-11-7-12(2)9-16(8-11)14-5-6-15(10-14)13-3-4-13/h11-14H,3-10H2,1-2H3. The molecule has 2 saturated heterocycles. The summed E-state index contributed by atoms with van der Waals surface area (Å²) in [5.41, 5.74) is 0. The fourth-order valence-electron chi connectivity index (χ4n) is 3.85. The molecule has 0 amide bonds. The molecule has 0 radical (unpaired) electrons. The van der Waals surface area contributed by atoms with Crippen LogP contribution in [-0.2, 0) is 0 Å². The van der Waals surface area contributed by atoms with Gasteiger partial charge in [-0.15, -0.1) is 0 Å². The summed E-state index contributed by atoms with van der Waals surface area (Å²) in [6.45, 7) is 10.3. The highest BCUT2D eigenvalue weighted by Gasteiger charge is 2.37. The monoisotopic (exact) mass is 222 g/mol. The summed E-state index contributed by atoms with van der Waals surface area (Å²) < 4.78 is 0. The summed E-state index contributed by atoms with van der Waals surface area (Å²) in [6.07, 6.45) is 5.81. The molecule has 3 atom stereocenters. The third-order valence-electron chi connectivity index (χ3n) is 4.67. The van der Waals surface area contributed by atoms with Crippen molar-refractivity contribution < 1.29 is 0 Å². The van der Waals surface area contributed by atoms with Crippen LogP contribution in [0.1, 0.15) is 39.5 Å². The average Bonchev–Trinajstić information content (AvgIpc) is 2.95. The summed E-state index contributed by atoms with van der Waals surface area (Å²) >= 11 is 0. The number of rotatable bonds is 2. The zero-order valence-electron chi connectivity index (χ0n) is 10.9. The Labute approximate surface area is 100.0 Å². The predicted octanol–water partition coefficient (Wildman–Crippen LogP) is 2.20. The lowest BCUT2D eigenvalue weighted by Gasteiger charge is -2.38. The normalized spacial score (nSPS) is 42.8. The highest BCUT2D eigenvalue weighted by molar-refractivity contribution is 4.94. The van der Waals surface area contributed by atoms with E-state index >= 15 is 0 Å². The van der Waals surface area contributed by atoms with Crippen molar-refractivity contribution in [2.24, 2.45) is 11.8 Å². The van der Waals surface area contributed by atoms with Gasteiger partial charge in [-0.05, 0) is 37.5 Å². The topological polar surface area (TPSA) is 6.48 Å². The molecule has 3 unspecified atom stereocenters. The molecule has 2 heterocycles.